The van der Waals surface area contributed by atoms with Crippen LogP contribution in [0.4, 0.5) is 18.9 Å². The van der Waals surface area contributed by atoms with Gasteiger partial charge in [0.25, 0.3) is 5.91 Å². The highest BCUT2D eigenvalue weighted by molar-refractivity contribution is 6.40. The van der Waals surface area contributed by atoms with Crippen LogP contribution in [0.25, 0.3) is 11.0 Å². The molecule has 33 heavy (non-hydrogen) atoms. The number of aromatic nitrogens is 2. The maximum atomic E-state index is 13.7. The molecule has 0 radical (unpaired) electrons. The van der Waals surface area contributed by atoms with Crippen LogP contribution in [0, 0.1) is 0 Å². The van der Waals surface area contributed by atoms with Gasteiger partial charge >= 0.3 is 6.18 Å². The molecule has 2 aromatic carbocycles. The number of aliphatic hydroxyl groups excluding tert-OH is 2. The second-order valence-electron chi connectivity index (χ2n) is 6.87. The van der Waals surface area contributed by atoms with Crippen LogP contribution < -0.4 is 10.6 Å². The Labute approximate surface area is 194 Å². The highest BCUT2D eigenvalue weighted by Crippen LogP contribution is 2.34. The fourth-order valence-corrected chi connectivity index (χ4v) is 3.66. The molecule has 0 fully saturated rings. The summed E-state index contributed by atoms with van der Waals surface area (Å²) in [5.74, 6) is -3.01. The standard InChI is InChI=1S/C20H17Cl2F3N4O4/c21-11-3-1-4-12(22)16(11)18(33)27-13-5-2-6-14-17(13)28-19(20(23,24)25)29(14)7-15(32)26-10(8-30)9-31/h1-6,10,30-31H,7-9H2,(H,26,32)(H,27,33). The van der Waals surface area contributed by atoms with Gasteiger partial charge in [-0.2, -0.15) is 13.2 Å². The van der Waals surface area contributed by atoms with Gasteiger partial charge in [-0.3, -0.25) is 9.59 Å². The number of imidazole rings is 1. The number of carbonyl (C=O) groups is 2. The molecule has 0 bridgehead atoms. The van der Waals surface area contributed by atoms with E-state index in [-0.39, 0.29) is 32.3 Å². The minimum atomic E-state index is -4.92. The lowest BCUT2D eigenvalue weighted by molar-refractivity contribution is -0.147. The number of fused-ring (bicyclic) bond motifs is 1. The summed E-state index contributed by atoms with van der Waals surface area (Å²) in [6.07, 6.45) is -4.92. The van der Waals surface area contributed by atoms with Crippen LogP contribution in [0.3, 0.4) is 0 Å². The van der Waals surface area contributed by atoms with E-state index in [2.05, 4.69) is 15.6 Å². The first-order valence-corrected chi connectivity index (χ1v) is 10.1. The van der Waals surface area contributed by atoms with E-state index in [1.165, 1.54) is 36.4 Å². The van der Waals surface area contributed by atoms with Crippen LogP contribution in [0.5, 0.6) is 0 Å². The second kappa shape index (κ2) is 9.96. The molecule has 3 aromatic rings. The van der Waals surface area contributed by atoms with Crippen molar-refractivity contribution in [2.75, 3.05) is 18.5 Å². The molecule has 0 atom stereocenters. The highest BCUT2D eigenvalue weighted by atomic mass is 35.5. The predicted octanol–water partition coefficient (Wildman–Crippen LogP) is 3.08. The predicted molar refractivity (Wildman–Crippen MR) is 115 cm³/mol. The summed E-state index contributed by atoms with van der Waals surface area (Å²) in [4.78, 5) is 28.6. The average Bonchev–Trinajstić information content (AvgIpc) is 3.11. The number of anilines is 1. The van der Waals surface area contributed by atoms with Crippen molar-refractivity contribution < 1.29 is 33.0 Å². The summed E-state index contributed by atoms with van der Waals surface area (Å²) >= 11 is 12.1. The fourth-order valence-electron chi connectivity index (χ4n) is 3.09. The van der Waals surface area contributed by atoms with Crippen LogP contribution >= 0.6 is 23.2 Å². The number of nitrogens with zero attached hydrogens (tertiary/aromatic N) is 2. The van der Waals surface area contributed by atoms with E-state index in [0.29, 0.717) is 4.57 Å². The fraction of sp³-hybridized carbons (Fsp3) is 0.250. The number of benzene rings is 2. The molecule has 0 aliphatic carbocycles. The quantitative estimate of drug-likeness (QED) is 0.394. The van der Waals surface area contributed by atoms with Gasteiger partial charge in [0.15, 0.2) is 0 Å². The minimum Gasteiger partial charge on any atom is -0.394 e. The Morgan fingerprint density at radius 3 is 2.24 bits per heavy atom. The van der Waals surface area contributed by atoms with Crippen LogP contribution in [0.15, 0.2) is 36.4 Å². The zero-order valence-electron chi connectivity index (χ0n) is 16.7. The number of rotatable bonds is 7. The van der Waals surface area contributed by atoms with Crippen molar-refractivity contribution in [3.63, 3.8) is 0 Å². The number of nitrogens with one attached hydrogen (secondary N) is 2. The lowest BCUT2D eigenvalue weighted by Gasteiger charge is -2.15. The van der Waals surface area contributed by atoms with E-state index >= 15 is 0 Å². The van der Waals surface area contributed by atoms with E-state index in [1.54, 1.807) is 0 Å². The lowest BCUT2D eigenvalue weighted by atomic mass is 10.2. The molecular weight excluding hydrogens is 488 g/mol. The number of hydrogen-bond donors (Lipinski definition) is 4. The summed E-state index contributed by atoms with van der Waals surface area (Å²) in [6, 6.07) is 7.40. The molecule has 0 unspecified atom stereocenters. The molecule has 176 valence electrons. The van der Waals surface area contributed by atoms with Gasteiger partial charge in [-0.15, -0.1) is 0 Å². The third kappa shape index (κ3) is 5.38. The molecule has 0 saturated carbocycles. The molecule has 0 aliphatic heterocycles. The van der Waals surface area contributed by atoms with Gasteiger partial charge in [0.1, 0.15) is 12.1 Å². The normalized spacial score (nSPS) is 11.8. The number of aliphatic hydroxyl groups is 2. The average molecular weight is 505 g/mol. The van der Waals surface area contributed by atoms with E-state index in [0.717, 1.165) is 0 Å². The number of halogens is 5. The smallest absolute Gasteiger partial charge is 0.394 e. The van der Waals surface area contributed by atoms with E-state index in [4.69, 9.17) is 33.4 Å². The van der Waals surface area contributed by atoms with Crippen LogP contribution in [-0.4, -0.2) is 50.8 Å². The lowest BCUT2D eigenvalue weighted by Crippen LogP contribution is -2.42. The Morgan fingerprint density at radius 2 is 1.67 bits per heavy atom. The van der Waals surface area contributed by atoms with Gasteiger partial charge in [-0.1, -0.05) is 35.3 Å². The van der Waals surface area contributed by atoms with E-state index in [9.17, 15) is 22.8 Å². The Hall–Kier alpha value is -2.86. The maximum absolute atomic E-state index is 13.7. The van der Waals surface area contributed by atoms with E-state index in [1.807, 2.05) is 0 Å². The van der Waals surface area contributed by atoms with E-state index < -0.39 is 49.6 Å². The van der Waals surface area contributed by atoms with Crippen molar-refractivity contribution in [3.05, 3.63) is 57.8 Å². The van der Waals surface area contributed by atoms with Crippen molar-refractivity contribution in [1.29, 1.82) is 0 Å². The molecule has 1 aromatic heterocycles. The summed E-state index contributed by atoms with van der Waals surface area (Å²) in [7, 11) is 0. The first kappa shape index (κ1) is 24.8. The maximum Gasteiger partial charge on any atom is 0.449 e. The van der Waals surface area contributed by atoms with Crippen molar-refractivity contribution in [2.45, 2.75) is 18.8 Å². The SMILES string of the molecule is O=C(Cn1c(C(F)(F)F)nc2c(NC(=O)c3c(Cl)cccc3Cl)cccc21)NC(CO)CO. The first-order chi connectivity index (χ1) is 15.6. The summed E-state index contributed by atoms with van der Waals surface area (Å²) < 4.78 is 41.7. The number of alkyl halides is 3. The van der Waals surface area contributed by atoms with Gasteiger partial charge in [0.05, 0.1) is 46.1 Å². The van der Waals surface area contributed by atoms with Gasteiger partial charge in [-0.25, -0.2) is 4.98 Å². The minimum absolute atomic E-state index is 0.0488. The molecule has 2 amide bonds. The summed E-state index contributed by atoms with van der Waals surface area (Å²) in [6.45, 7) is -1.99. The summed E-state index contributed by atoms with van der Waals surface area (Å²) in [5, 5.41) is 22.9. The highest BCUT2D eigenvalue weighted by Gasteiger charge is 2.38. The Kier molecular flexibility index (Phi) is 7.48. The van der Waals surface area contributed by atoms with Gasteiger partial charge in [-0.05, 0) is 24.3 Å². The van der Waals surface area contributed by atoms with Gasteiger partial charge in [0.2, 0.25) is 11.7 Å². The molecule has 0 aliphatic rings. The van der Waals surface area contributed by atoms with Crippen LogP contribution in [0.1, 0.15) is 16.2 Å². The molecule has 3 rings (SSSR count). The van der Waals surface area contributed by atoms with Crippen LogP contribution in [-0.2, 0) is 17.5 Å². The number of carbonyl (C=O) groups excluding carboxylic acids is 2. The van der Waals surface area contributed by atoms with Crippen molar-refractivity contribution in [1.82, 2.24) is 14.9 Å². The molecule has 4 N–H and O–H groups in total. The number of hydrogen-bond acceptors (Lipinski definition) is 5. The van der Waals surface area contributed by atoms with Gasteiger partial charge in [0, 0.05) is 0 Å². The van der Waals surface area contributed by atoms with Crippen molar-refractivity contribution in [3.8, 4) is 0 Å². The number of para-hydroxylation sites is 1. The zero-order valence-corrected chi connectivity index (χ0v) is 18.2. The molecule has 13 heteroatoms. The molecule has 8 nitrogen and oxygen atoms in total. The molecule has 1 heterocycles. The Morgan fingerprint density at radius 1 is 1.06 bits per heavy atom. The largest absolute Gasteiger partial charge is 0.449 e. The third-order valence-corrected chi connectivity index (χ3v) is 5.21. The zero-order chi connectivity index (χ0) is 24.3. The van der Waals surface area contributed by atoms with Gasteiger partial charge < -0.3 is 25.4 Å². The van der Waals surface area contributed by atoms with Crippen molar-refractivity contribution >= 4 is 51.7 Å². The van der Waals surface area contributed by atoms with Crippen LogP contribution in [0.2, 0.25) is 10.0 Å². The molecule has 0 spiro atoms. The molecular formula is C20H17Cl2F3N4O4. The monoisotopic (exact) mass is 504 g/mol. The first-order valence-electron chi connectivity index (χ1n) is 9.39. The molecule has 0 saturated heterocycles. The van der Waals surface area contributed by atoms with Crippen molar-refractivity contribution in [2.24, 2.45) is 0 Å². The Balaban J connectivity index is 2.02. The third-order valence-electron chi connectivity index (χ3n) is 4.58. The topological polar surface area (TPSA) is 116 Å². The number of amides is 2. The second-order valence-corrected chi connectivity index (χ2v) is 7.69. The summed E-state index contributed by atoms with van der Waals surface area (Å²) in [5.41, 5.74) is -0.409. The Bertz CT molecular complexity index is 1180.